The van der Waals surface area contributed by atoms with E-state index in [1.165, 1.54) is 6.33 Å². The zero-order valence-corrected chi connectivity index (χ0v) is 10.3. The van der Waals surface area contributed by atoms with E-state index >= 15 is 0 Å². The van der Waals surface area contributed by atoms with Crippen LogP contribution in [-0.4, -0.2) is 33.7 Å². The van der Waals surface area contributed by atoms with Crippen molar-refractivity contribution in [1.82, 2.24) is 9.97 Å². The highest BCUT2D eigenvalue weighted by Gasteiger charge is 2.18. The molecule has 96 valence electrons. The standard InChI is InChI=1S/C12H15N3O3/c1-4-6-9(12(16)17)15-10-8(3)11(18-5-2)14-7-13-10/h1,7,9H,5-6H2,2-3H3,(H,16,17)(H,13,14,15). The van der Waals surface area contributed by atoms with Crippen molar-refractivity contribution in [1.29, 1.82) is 0 Å². The second-order valence-electron chi connectivity index (χ2n) is 3.53. The summed E-state index contributed by atoms with van der Waals surface area (Å²) in [6, 6.07) is -0.877. The Morgan fingerprint density at radius 1 is 1.67 bits per heavy atom. The molecule has 0 radical (unpaired) electrons. The molecule has 0 aromatic carbocycles. The molecule has 6 nitrogen and oxygen atoms in total. The lowest BCUT2D eigenvalue weighted by atomic mass is 10.2. The van der Waals surface area contributed by atoms with Crippen LogP contribution >= 0.6 is 0 Å². The minimum Gasteiger partial charge on any atom is -0.480 e. The molecular weight excluding hydrogens is 234 g/mol. The van der Waals surface area contributed by atoms with E-state index in [-0.39, 0.29) is 6.42 Å². The minimum atomic E-state index is -1.02. The normalized spacial score (nSPS) is 11.4. The molecule has 0 fully saturated rings. The van der Waals surface area contributed by atoms with Gasteiger partial charge in [0.15, 0.2) is 0 Å². The van der Waals surface area contributed by atoms with E-state index in [4.69, 9.17) is 16.3 Å². The number of nitrogens with zero attached hydrogens (tertiary/aromatic N) is 2. The Bertz CT molecular complexity index is 468. The van der Waals surface area contributed by atoms with Crippen LogP contribution in [0.3, 0.4) is 0 Å². The lowest BCUT2D eigenvalue weighted by molar-refractivity contribution is -0.137. The first kappa shape index (κ1) is 13.8. The molecular formula is C12H15N3O3. The van der Waals surface area contributed by atoms with E-state index in [0.29, 0.717) is 23.9 Å². The van der Waals surface area contributed by atoms with Crippen molar-refractivity contribution in [3.05, 3.63) is 11.9 Å². The fourth-order valence-corrected chi connectivity index (χ4v) is 1.34. The summed E-state index contributed by atoms with van der Waals surface area (Å²) in [5.74, 6) is 2.13. The molecule has 18 heavy (non-hydrogen) atoms. The number of terminal acetylenes is 1. The van der Waals surface area contributed by atoms with Crippen LogP contribution in [0.15, 0.2) is 6.33 Å². The van der Waals surface area contributed by atoms with Crippen molar-refractivity contribution >= 4 is 11.8 Å². The number of nitrogens with one attached hydrogen (secondary N) is 1. The summed E-state index contributed by atoms with van der Waals surface area (Å²) in [4.78, 5) is 18.9. The summed E-state index contributed by atoms with van der Waals surface area (Å²) in [5, 5.41) is 11.8. The summed E-state index contributed by atoms with van der Waals surface area (Å²) in [5.41, 5.74) is 0.655. The van der Waals surface area contributed by atoms with E-state index in [9.17, 15) is 4.79 Å². The monoisotopic (exact) mass is 249 g/mol. The summed E-state index contributed by atoms with van der Waals surface area (Å²) in [6.45, 7) is 4.07. The number of aromatic nitrogens is 2. The molecule has 1 rings (SSSR count). The highest BCUT2D eigenvalue weighted by molar-refractivity contribution is 5.77. The Balaban J connectivity index is 2.93. The van der Waals surface area contributed by atoms with Crippen LogP contribution in [-0.2, 0) is 4.79 Å². The Morgan fingerprint density at radius 2 is 2.39 bits per heavy atom. The van der Waals surface area contributed by atoms with Crippen LogP contribution in [0.25, 0.3) is 0 Å². The number of carbonyl (C=O) groups is 1. The highest BCUT2D eigenvalue weighted by Crippen LogP contribution is 2.21. The Labute approximate surface area is 105 Å². The zero-order chi connectivity index (χ0) is 13.5. The van der Waals surface area contributed by atoms with Crippen LogP contribution in [0.2, 0.25) is 0 Å². The summed E-state index contributed by atoms with van der Waals surface area (Å²) in [7, 11) is 0. The molecule has 1 aromatic rings. The second-order valence-corrected chi connectivity index (χ2v) is 3.53. The van der Waals surface area contributed by atoms with E-state index in [0.717, 1.165) is 0 Å². The van der Waals surface area contributed by atoms with Gasteiger partial charge in [0.25, 0.3) is 0 Å². The molecule has 0 spiro atoms. The Kier molecular flexibility index (Phi) is 4.93. The number of aliphatic carboxylic acids is 1. The highest BCUT2D eigenvalue weighted by atomic mass is 16.5. The van der Waals surface area contributed by atoms with Crippen LogP contribution in [0.4, 0.5) is 5.82 Å². The Hall–Kier alpha value is -2.29. The third-order valence-electron chi connectivity index (χ3n) is 2.25. The van der Waals surface area contributed by atoms with Gasteiger partial charge in [-0.15, -0.1) is 12.3 Å². The molecule has 0 saturated carbocycles. The lowest BCUT2D eigenvalue weighted by Gasteiger charge is -2.15. The number of anilines is 1. The van der Waals surface area contributed by atoms with Gasteiger partial charge in [0.1, 0.15) is 18.2 Å². The number of ether oxygens (including phenoxy) is 1. The number of rotatable bonds is 6. The second kappa shape index (κ2) is 6.45. The van der Waals surface area contributed by atoms with Gasteiger partial charge in [-0.1, -0.05) is 0 Å². The Morgan fingerprint density at radius 3 is 2.94 bits per heavy atom. The summed E-state index contributed by atoms with van der Waals surface area (Å²) in [6.07, 6.45) is 6.51. The van der Waals surface area contributed by atoms with E-state index < -0.39 is 12.0 Å². The maximum absolute atomic E-state index is 11.0. The van der Waals surface area contributed by atoms with Gasteiger partial charge in [-0.3, -0.25) is 0 Å². The number of carboxylic acids is 1. The quantitative estimate of drug-likeness (QED) is 0.734. The molecule has 1 unspecified atom stereocenters. The molecule has 0 bridgehead atoms. The SMILES string of the molecule is C#CCC(Nc1ncnc(OCC)c1C)C(=O)O. The average molecular weight is 249 g/mol. The molecule has 1 heterocycles. The van der Waals surface area contributed by atoms with Gasteiger partial charge in [-0.2, -0.15) is 0 Å². The maximum Gasteiger partial charge on any atom is 0.327 e. The van der Waals surface area contributed by atoms with Crippen molar-refractivity contribution in [2.24, 2.45) is 0 Å². The molecule has 0 amide bonds. The van der Waals surface area contributed by atoms with Gasteiger partial charge in [-0.05, 0) is 13.8 Å². The molecule has 1 atom stereocenters. The van der Waals surface area contributed by atoms with Gasteiger partial charge < -0.3 is 15.2 Å². The van der Waals surface area contributed by atoms with Crippen LogP contribution in [0.5, 0.6) is 5.88 Å². The van der Waals surface area contributed by atoms with Gasteiger partial charge >= 0.3 is 5.97 Å². The number of hydrogen-bond donors (Lipinski definition) is 2. The van der Waals surface area contributed by atoms with E-state index in [1.807, 2.05) is 6.92 Å². The van der Waals surface area contributed by atoms with Gasteiger partial charge in [0.2, 0.25) is 5.88 Å². The molecule has 1 aromatic heterocycles. The van der Waals surface area contributed by atoms with E-state index in [1.54, 1.807) is 6.92 Å². The first-order valence-electron chi connectivity index (χ1n) is 5.47. The fraction of sp³-hybridized carbons (Fsp3) is 0.417. The van der Waals surface area contributed by atoms with E-state index in [2.05, 4.69) is 21.2 Å². The van der Waals surface area contributed by atoms with Crippen molar-refractivity contribution < 1.29 is 14.6 Å². The number of carboxylic acid groups (broad SMARTS) is 1. The smallest absolute Gasteiger partial charge is 0.327 e. The molecule has 0 aliphatic heterocycles. The number of hydrogen-bond acceptors (Lipinski definition) is 5. The van der Waals surface area contributed by atoms with Crippen molar-refractivity contribution in [2.45, 2.75) is 26.3 Å². The first-order chi connectivity index (χ1) is 8.60. The van der Waals surface area contributed by atoms with Crippen molar-refractivity contribution in [3.8, 4) is 18.2 Å². The maximum atomic E-state index is 11.0. The van der Waals surface area contributed by atoms with Crippen LogP contribution in [0.1, 0.15) is 18.9 Å². The molecule has 0 saturated heterocycles. The summed E-state index contributed by atoms with van der Waals surface area (Å²) < 4.78 is 5.30. The topological polar surface area (TPSA) is 84.3 Å². The summed E-state index contributed by atoms with van der Waals surface area (Å²) >= 11 is 0. The van der Waals surface area contributed by atoms with Crippen LogP contribution in [0, 0.1) is 19.3 Å². The third-order valence-corrected chi connectivity index (χ3v) is 2.25. The van der Waals surface area contributed by atoms with Crippen molar-refractivity contribution in [2.75, 3.05) is 11.9 Å². The van der Waals surface area contributed by atoms with Gasteiger partial charge in [0, 0.05) is 6.42 Å². The van der Waals surface area contributed by atoms with Gasteiger partial charge in [0.05, 0.1) is 12.2 Å². The van der Waals surface area contributed by atoms with Crippen molar-refractivity contribution in [3.63, 3.8) is 0 Å². The van der Waals surface area contributed by atoms with Gasteiger partial charge in [-0.25, -0.2) is 14.8 Å². The van der Waals surface area contributed by atoms with Crippen LogP contribution < -0.4 is 10.1 Å². The fourth-order valence-electron chi connectivity index (χ4n) is 1.34. The third kappa shape index (κ3) is 3.35. The molecule has 0 aliphatic carbocycles. The molecule has 6 heteroatoms. The predicted octanol–water partition coefficient (Wildman–Crippen LogP) is 1.07. The zero-order valence-electron chi connectivity index (χ0n) is 10.3. The predicted molar refractivity (Wildman–Crippen MR) is 66.4 cm³/mol. The molecule has 0 aliphatic rings. The minimum absolute atomic E-state index is 0.0722. The largest absolute Gasteiger partial charge is 0.480 e. The molecule has 2 N–H and O–H groups in total. The lowest BCUT2D eigenvalue weighted by Crippen LogP contribution is -2.29. The average Bonchev–Trinajstić information content (AvgIpc) is 2.33. The first-order valence-corrected chi connectivity index (χ1v) is 5.47.